The van der Waals surface area contributed by atoms with Crippen molar-refractivity contribution < 1.29 is 0 Å². The summed E-state index contributed by atoms with van der Waals surface area (Å²) in [4.78, 5) is 0. The molecule has 0 aromatic rings. The first kappa shape index (κ1) is 10.7. The Balaban J connectivity index is 4.28. The molecule has 0 unspecified atom stereocenters. The zero-order chi connectivity index (χ0) is 8.41. The van der Waals surface area contributed by atoms with Gasteiger partial charge in [-0.15, -0.1) is 11.6 Å². The third kappa shape index (κ3) is 2.10. The Morgan fingerprint density at radius 3 is 1.90 bits per heavy atom. The molecule has 0 aromatic heterocycles. The Labute approximate surface area is 73.2 Å². The Kier molecular flexibility index (Phi) is 3.66. The van der Waals surface area contributed by atoms with E-state index in [9.17, 15) is 0 Å². The molecule has 0 aliphatic carbocycles. The number of rotatable bonds is 3. The van der Waals surface area contributed by atoms with E-state index < -0.39 is 8.07 Å². The van der Waals surface area contributed by atoms with Gasteiger partial charge < -0.3 is 0 Å². The van der Waals surface area contributed by atoms with Crippen LogP contribution in [0.5, 0.6) is 0 Å². The molecule has 0 rings (SSSR count). The first-order valence-electron chi connectivity index (χ1n) is 3.93. The third-order valence-corrected chi connectivity index (χ3v) is 15.1. The van der Waals surface area contributed by atoms with E-state index in [1.165, 1.54) is 0 Å². The van der Waals surface area contributed by atoms with E-state index in [0.29, 0.717) is 4.66 Å². The van der Waals surface area contributed by atoms with Gasteiger partial charge in [-0.05, 0) is 4.66 Å². The van der Waals surface area contributed by atoms with Crippen LogP contribution >= 0.6 is 11.6 Å². The molecular weight excluding hydrogens is 176 g/mol. The van der Waals surface area contributed by atoms with Crippen LogP contribution in [0.4, 0.5) is 0 Å². The normalized spacial score (nSPS) is 15.0. The summed E-state index contributed by atoms with van der Waals surface area (Å²) < 4.78 is 0.634. The summed E-state index contributed by atoms with van der Waals surface area (Å²) in [5.41, 5.74) is 0.918. The minimum Gasteiger partial charge on any atom is -0.130 e. The van der Waals surface area contributed by atoms with Crippen LogP contribution in [-0.2, 0) is 0 Å². The molecule has 0 aliphatic rings. The number of hydrogen-bond acceptors (Lipinski definition) is 0. The van der Waals surface area contributed by atoms with Gasteiger partial charge in [0.15, 0.2) is 0 Å². The third-order valence-electron chi connectivity index (χ3n) is 3.05. The van der Waals surface area contributed by atoms with E-state index in [1.54, 1.807) is 0 Å². The maximum Gasteiger partial charge on any atom is 0.0664 e. The average Bonchev–Trinajstić information content (AvgIpc) is 1.88. The molecule has 0 saturated heterocycles. The highest BCUT2D eigenvalue weighted by Crippen LogP contribution is 2.35. The van der Waals surface area contributed by atoms with Gasteiger partial charge in [0, 0.05) is 15.0 Å². The molecular formula is C7H19ClSi2. The quantitative estimate of drug-likeness (QED) is 0.479. The summed E-state index contributed by atoms with van der Waals surface area (Å²) in [6, 6.07) is 0. The van der Waals surface area contributed by atoms with Gasteiger partial charge in [0.2, 0.25) is 0 Å². The van der Waals surface area contributed by atoms with Gasteiger partial charge in [0.1, 0.15) is 0 Å². The average molecular weight is 195 g/mol. The van der Waals surface area contributed by atoms with E-state index in [2.05, 4.69) is 33.5 Å². The van der Waals surface area contributed by atoms with Crippen LogP contribution in [0.15, 0.2) is 0 Å². The highest BCUT2D eigenvalue weighted by molar-refractivity contribution is 6.92. The lowest BCUT2D eigenvalue weighted by atomic mass is 10.5. The van der Waals surface area contributed by atoms with Gasteiger partial charge in [0.25, 0.3) is 0 Å². The first-order chi connectivity index (χ1) is 4.37. The number of hydrogen-bond donors (Lipinski definition) is 0. The van der Waals surface area contributed by atoms with Crippen LogP contribution in [0.2, 0.25) is 24.3 Å². The molecule has 0 atom stereocenters. The summed E-state index contributed by atoms with van der Waals surface area (Å²) in [6.07, 6.45) is 0. The monoisotopic (exact) mass is 194 g/mol. The van der Waals surface area contributed by atoms with Gasteiger partial charge in [-0.2, -0.15) is 0 Å². The van der Waals surface area contributed by atoms with Crippen molar-refractivity contribution in [2.45, 2.75) is 38.2 Å². The van der Waals surface area contributed by atoms with Crippen LogP contribution in [-0.4, -0.2) is 23.1 Å². The van der Waals surface area contributed by atoms with E-state index >= 15 is 0 Å². The maximum absolute atomic E-state index is 5.94. The second kappa shape index (κ2) is 3.41. The molecule has 0 nitrogen and oxygen atoms in total. The van der Waals surface area contributed by atoms with Crippen molar-refractivity contribution in [1.29, 1.82) is 0 Å². The Morgan fingerprint density at radius 2 is 1.80 bits per heavy atom. The minimum atomic E-state index is -1.08. The Bertz CT molecular complexity index is 96.2. The summed E-state index contributed by atoms with van der Waals surface area (Å²) in [5.74, 6) is 0. The number of alkyl halides is 1. The lowest BCUT2D eigenvalue weighted by Crippen LogP contribution is -2.44. The summed E-state index contributed by atoms with van der Waals surface area (Å²) in [6.45, 7) is 12.0. The highest BCUT2D eigenvalue weighted by atomic mass is 35.5. The van der Waals surface area contributed by atoms with Crippen molar-refractivity contribution >= 4 is 29.2 Å². The second-order valence-electron chi connectivity index (χ2n) is 4.25. The molecule has 0 saturated carbocycles. The van der Waals surface area contributed by atoms with E-state index in [1.807, 2.05) is 0 Å². The smallest absolute Gasteiger partial charge is 0.0664 e. The fraction of sp³-hybridized carbons (Fsp3) is 1.00. The van der Waals surface area contributed by atoms with E-state index in [4.69, 9.17) is 11.6 Å². The van der Waals surface area contributed by atoms with Gasteiger partial charge in [-0.1, -0.05) is 33.5 Å². The fourth-order valence-corrected chi connectivity index (χ4v) is 6.79. The molecule has 0 aliphatic heterocycles. The minimum absolute atomic E-state index is 0.104. The molecule has 0 radical (unpaired) electrons. The highest BCUT2D eigenvalue weighted by Gasteiger charge is 2.36. The zero-order valence-corrected chi connectivity index (χ0v) is 11.0. The second-order valence-corrected chi connectivity index (χ2v) is 13.6. The van der Waals surface area contributed by atoms with Crippen molar-refractivity contribution in [2.24, 2.45) is 0 Å². The van der Waals surface area contributed by atoms with Gasteiger partial charge in [0.05, 0.1) is 8.07 Å². The summed E-state index contributed by atoms with van der Waals surface area (Å²) in [7, 11) is -0.974. The maximum atomic E-state index is 5.94. The molecule has 0 heterocycles. The van der Waals surface area contributed by atoms with Gasteiger partial charge >= 0.3 is 0 Å². The van der Waals surface area contributed by atoms with Crippen molar-refractivity contribution in [1.82, 2.24) is 0 Å². The molecule has 0 fully saturated rings. The standard InChI is InChI=1S/C7H19ClSi2/c1-7(2,9-3)10(4,5)6-8/h6,9H2,1-5H3. The number of halogens is 1. The zero-order valence-electron chi connectivity index (χ0n) is 7.79. The Hall–Kier alpha value is 0.724. The summed E-state index contributed by atoms with van der Waals surface area (Å²) >= 11 is 5.94. The van der Waals surface area contributed by atoms with Gasteiger partial charge in [-0.25, -0.2) is 0 Å². The summed E-state index contributed by atoms with van der Waals surface area (Å²) in [5, 5.41) is 0. The Morgan fingerprint density at radius 1 is 1.40 bits per heavy atom. The van der Waals surface area contributed by atoms with Crippen LogP contribution in [0, 0.1) is 0 Å². The topological polar surface area (TPSA) is 0 Å². The molecule has 62 valence electrons. The lowest BCUT2D eigenvalue weighted by Gasteiger charge is -2.37. The molecule has 0 spiro atoms. The predicted octanol–water partition coefficient (Wildman–Crippen LogP) is 2.43. The molecule has 0 amide bonds. The van der Waals surface area contributed by atoms with Crippen molar-refractivity contribution in [2.75, 3.05) is 5.50 Å². The molecule has 10 heavy (non-hydrogen) atoms. The van der Waals surface area contributed by atoms with Crippen molar-refractivity contribution in [3.8, 4) is 0 Å². The molecule has 3 heteroatoms. The van der Waals surface area contributed by atoms with Crippen LogP contribution in [0.25, 0.3) is 0 Å². The molecule has 0 aromatic carbocycles. The van der Waals surface area contributed by atoms with Crippen LogP contribution < -0.4 is 0 Å². The van der Waals surface area contributed by atoms with Crippen LogP contribution in [0.3, 0.4) is 0 Å². The van der Waals surface area contributed by atoms with E-state index in [-0.39, 0.29) is 9.52 Å². The molecule has 0 N–H and O–H groups in total. The fourth-order valence-electron chi connectivity index (χ4n) is 0.659. The van der Waals surface area contributed by atoms with Crippen molar-refractivity contribution in [3.63, 3.8) is 0 Å². The van der Waals surface area contributed by atoms with Gasteiger partial charge in [-0.3, -0.25) is 0 Å². The molecule has 0 bridgehead atoms. The SMILES string of the molecule is C[SiH2]C(C)(C)[Si](C)(C)CCl. The van der Waals surface area contributed by atoms with E-state index in [0.717, 1.165) is 5.50 Å². The largest absolute Gasteiger partial charge is 0.130 e. The first-order valence-corrected chi connectivity index (χ1v) is 9.79. The van der Waals surface area contributed by atoms with Crippen LogP contribution in [0.1, 0.15) is 13.8 Å². The predicted molar refractivity (Wildman–Crippen MR) is 56.7 cm³/mol. The lowest BCUT2D eigenvalue weighted by molar-refractivity contribution is 0.898. The van der Waals surface area contributed by atoms with Crippen molar-refractivity contribution in [3.05, 3.63) is 0 Å².